The molecule has 2 aliphatic carbocycles. The van der Waals surface area contributed by atoms with Crippen LogP contribution >= 0.6 is 0 Å². The molecule has 3 nitrogen and oxygen atoms in total. The minimum absolute atomic E-state index is 0.380. The number of aliphatic imine (C=N–C) groups is 1. The van der Waals surface area contributed by atoms with Crippen molar-refractivity contribution in [1.29, 1.82) is 0 Å². The third-order valence-corrected chi connectivity index (χ3v) is 4.46. The summed E-state index contributed by atoms with van der Waals surface area (Å²) in [4.78, 5) is 4.22. The number of aryl methyl sites for hydroxylation is 2. The van der Waals surface area contributed by atoms with Gasteiger partial charge in [0.1, 0.15) is 5.67 Å². The summed E-state index contributed by atoms with van der Waals surface area (Å²) in [6.07, 6.45) is 6.41. The summed E-state index contributed by atoms with van der Waals surface area (Å²) in [7, 11) is 0. The van der Waals surface area contributed by atoms with Crippen molar-refractivity contribution in [3.63, 3.8) is 0 Å². The molecule has 0 aliphatic heterocycles. The molecule has 4 heteroatoms. The number of hydrogen-bond donors (Lipinski definition) is 2. The standard InChI is InChI=1S/C16H22FN3/c17-16(7-2-8-16)9-10-19-15(18)20-14-6-5-12-3-1-4-13(12)11-14/h5-6,11H,1-4,7-10H2,(H3,18,19,20). The van der Waals surface area contributed by atoms with E-state index in [2.05, 4.69) is 22.4 Å². The average Bonchev–Trinajstić information content (AvgIpc) is 2.84. The molecule has 20 heavy (non-hydrogen) atoms. The third kappa shape index (κ3) is 2.94. The van der Waals surface area contributed by atoms with Crippen LogP contribution in [-0.2, 0) is 12.8 Å². The molecule has 1 fully saturated rings. The van der Waals surface area contributed by atoms with E-state index in [9.17, 15) is 4.39 Å². The zero-order valence-electron chi connectivity index (χ0n) is 11.8. The molecular formula is C16H22FN3. The van der Waals surface area contributed by atoms with E-state index in [1.807, 2.05) is 6.07 Å². The van der Waals surface area contributed by atoms with Gasteiger partial charge in [0, 0.05) is 18.7 Å². The number of benzene rings is 1. The fraction of sp³-hybridized carbons (Fsp3) is 0.562. The van der Waals surface area contributed by atoms with Gasteiger partial charge in [0.25, 0.3) is 0 Å². The maximum absolute atomic E-state index is 13.8. The summed E-state index contributed by atoms with van der Waals surface area (Å²) in [5.41, 5.74) is 8.70. The number of guanidine groups is 1. The minimum Gasteiger partial charge on any atom is -0.370 e. The van der Waals surface area contributed by atoms with Crippen molar-refractivity contribution in [2.45, 2.75) is 50.6 Å². The van der Waals surface area contributed by atoms with Crippen LogP contribution in [0.3, 0.4) is 0 Å². The third-order valence-electron chi connectivity index (χ3n) is 4.46. The van der Waals surface area contributed by atoms with Gasteiger partial charge in [-0.05, 0) is 61.8 Å². The molecule has 1 aromatic rings. The second-order valence-corrected chi connectivity index (χ2v) is 5.98. The zero-order valence-corrected chi connectivity index (χ0v) is 11.8. The lowest BCUT2D eigenvalue weighted by molar-refractivity contribution is 0.0568. The van der Waals surface area contributed by atoms with E-state index in [0.29, 0.717) is 31.8 Å². The largest absolute Gasteiger partial charge is 0.370 e. The quantitative estimate of drug-likeness (QED) is 0.655. The monoisotopic (exact) mass is 275 g/mol. The lowest BCUT2D eigenvalue weighted by Crippen LogP contribution is -2.33. The van der Waals surface area contributed by atoms with Gasteiger partial charge in [0.2, 0.25) is 0 Å². The molecule has 0 amide bonds. The van der Waals surface area contributed by atoms with Gasteiger partial charge < -0.3 is 11.1 Å². The van der Waals surface area contributed by atoms with Crippen LogP contribution in [0, 0.1) is 0 Å². The fourth-order valence-electron chi connectivity index (χ4n) is 3.02. The molecule has 1 saturated carbocycles. The van der Waals surface area contributed by atoms with E-state index in [0.717, 1.165) is 18.5 Å². The number of rotatable bonds is 4. The lowest BCUT2D eigenvalue weighted by atomic mass is 9.80. The van der Waals surface area contributed by atoms with Crippen LogP contribution in [0.5, 0.6) is 0 Å². The Morgan fingerprint density at radius 1 is 1.25 bits per heavy atom. The molecule has 108 valence electrons. The maximum Gasteiger partial charge on any atom is 0.193 e. The van der Waals surface area contributed by atoms with Gasteiger partial charge in [0.15, 0.2) is 5.96 Å². The molecule has 0 aromatic heterocycles. The summed E-state index contributed by atoms with van der Waals surface area (Å²) in [6, 6.07) is 6.34. The molecule has 0 heterocycles. The maximum atomic E-state index is 13.8. The molecule has 2 aliphatic rings. The van der Waals surface area contributed by atoms with Crippen molar-refractivity contribution in [2.24, 2.45) is 10.7 Å². The van der Waals surface area contributed by atoms with Crippen LogP contribution in [0.25, 0.3) is 0 Å². The van der Waals surface area contributed by atoms with Crippen molar-refractivity contribution in [1.82, 2.24) is 0 Å². The Balaban J connectivity index is 1.54. The van der Waals surface area contributed by atoms with E-state index in [1.165, 1.54) is 24.0 Å². The topological polar surface area (TPSA) is 50.4 Å². The Labute approximate surface area is 119 Å². The highest BCUT2D eigenvalue weighted by Crippen LogP contribution is 2.38. The van der Waals surface area contributed by atoms with Crippen molar-refractivity contribution in [3.8, 4) is 0 Å². The number of alkyl halides is 1. The minimum atomic E-state index is -0.975. The molecule has 3 N–H and O–H groups in total. The molecule has 1 aromatic carbocycles. The van der Waals surface area contributed by atoms with Crippen molar-refractivity contribution in [3.05, 3.63) is 29.3 Å². The molecule has 0 unspecified atom stereocenters. The highest BCUT2D eigenvalue weighted by atomic mass is 19.1. The number of nitrogens with one attached hydrogen (secondary N) is 1. The van der Waals surface area contributed by atoms with Gasteiger partial charge in [0.05, 0.1) is 0 Å². The number of nitrogens with two attached hydrogens (primary N) is 1. The smallest absolute Gasteiger partial charge is 0.193 e. The van der Waals surface area contributed by atoms with Gasteiger partial charge in [-0.15, -0.1) is 0 Å². The fourth-order valence-corrected chi connectivity index (χ4v) is 3.02. The number of anilines is 1. The number of halogens is 1. The Morgan fingerprint density at radius 3 is 2.80 bits per heavy atom. The van der Waals surface area contributed by atoms with E-state index in [-0.39, 0.29) is 0 Å². The van der Waals surface area contributed by atoms with Crippen LogP contribution in [0.4, 0.5) is 10.1 Å². The van der Waals surface area contributed by atoms with Crippen LogP contribution < -0.4 is 11.1 Å². The Kier molecular flexibility index (Phi) is 3.64. The molecule has 0 radical (unpaired) electrons. The Bertz CT molecular complexity index is 520. The van der Waals surface area contributed by atoms with E-state index < -0.39 is 5.67 Å². The molecular weight excluding hydrogens is 253 g/mol. The summed E-state index contributed by atoms with van der Waals surface area (Å²) < 4.78 is 13.8. The van der Waals surface area contributed by atoms with Crippen LogP contribution in [0.15, 0.2) is 23.2 Å². The van der Waals surface area contributed by atoms with Crippen molar-refractivity contribution in [2.75, 3.05) is 11.9 Å². The summed E-state index contributed by atoms with van der Waals surface area (Å²) in [5.74, 6) is 0.380. The van der Waals surface area contributed by atoms with Gasteiger partial charge in [-0.25, -0.2) is 4.39 Å². The SMILES string of the molecule is NC(=NCCC1(F)CCC1)Nc1ccc2c(c1)CCC2. The molecule has 0 saturated heterocycles. The first-order chi connectivity index (χ1) is 9.65. The number of hydrogen-bond acceptors (Lipinski definition) is 1. The van der Waals surface area contributed by atoms with E-state index in [4.69, 9.17) is 5.73 Å². The van der Waals surface area contributed by atoms with Crippen molar-refractivity contribution >= 4 is 11.6 Å². The summed E-state index contributed by atoms with van der Waals surface area (Å²) in [5, 5.41) is 3.10. The first-order valence-electron chi connectivity index (χ1n) is 7.52. The van der Waals surface area contributed by atoms with Crippen molar-refractivity contribution < 1.29 is 4.39 Å². The van der Waals surface area contributed by atoms with Gasteiger partial charge in [-0.2, -0.15) is 0 Å². The predicted molar refractivity (Wildman–Crippen MR) is 80.9 cm³/mol. The van der Waals surface area contributed by atoms with Crippen LogP contribution in [-0.4, -0.2) is 18.2 Å². The predicted octanol–water partition coefficient (Wildman–Crippen LogP) is 3.18. The molecule has 0 atom stereocenters. The number of fused-ring (bicyclic) bond motifs is 1. The van der Waals surface area contributed by atoms with Gasteiger partial charge >= 0.3 is 0 Å². The number of nitrogens with zero attached hydrogens (tertiary/aromatic N) is 1. The second-order valence-electron chi connectivity index (χ2n) is 5.98. The first-order valence-corrected chi connectivity index (χ1v) is 7.52. The molecule has 0 bridgehead atoms. The van der Waals surface area contributed by atoms with Gasteiger partial charge in [-0.1, -0.05) is 6.07 Å². The lowest BCUT2D eigenvalue weighted by Gasteiger charge is -2.33. The molecule has 0 spiro atoms. The second kappa shape index (κ2) is 5.43. The summed E-state index contributed by atoms with van der Waals surface area (Å²) in [6.45, 7) is 0.459. The first kappa shape index (κ1) is 13.4. The van der Waals surface area contributed by atoms with E-state index in [1.54, 1.807) is 0 Å². The Morgan fingerprint density at radius 2 is 2.05 bits per heavy atom. The Hall–Kier alpha value is -1.58. The van der Waals surface area contributed by atoms with Crippen LogP contribution in [0.1, 0.15) is 43.2 Å². The normalized spacial score (nSPS) is 20.4. The highest BCUT2D eigenvalue weighted by molar-refractivity contribution is 5.92. The zero-order chi connectivity index (χ0) is 14.0. The van der Waals surface area contributed by atoms with E-state index >= 15 is 0 Å². The molecule has 3 rings (SSSR count). The van der Waals surface area contributed by atoms with Gasteiger partial charge in [-0.3, -0.25) is 4.99 Å². The van der Waals surface area contributed by atoms with Crippen LogP contribution in [0.2, 0.25) is 0 Å². The highest BCUT2D eigenvalue weighted by Gasteiger charge is 2.36. The summed E-state index contributed by atoms with van der Waals surface area (Å²) >= 11 is 0. The average molecular weight is 275 g/mol.